The highest BCUT2D eigenvalue weighted by atomic mass is 79.9. The Hall–Kier alpha value is -0.260. The van der Waals surface area contributed by atoms with Crippen LogP contribution in [0.1, 0.15) is 11.1 Å². The van der Waals surface area contributed by atoms with Gasteiger partial charge in [-0.05, 0) is 62.0 Å². The molecule has 17 heavy (non-hydrogen) atoms. The first kappa shape index (κ1) is 14.8. The van der Waals surface area contributed by atoms with Gasteiger partial charge in [-0.1, -0.05) is 28.1 Å². The van der Waals surface area contributed by atoms with Crippen molar-refractivity contribution in [3.63, 3.8) is 0 Å². The number of rotatable bonds is 1. The van der Waals surface area contributed by atoms with E-state index >= 15 is 0 Å². The zero-order chi connectivity index (χ0) is 12.7. The number of nitrogens with zero attached hydrogens (tertiary/aromatic N) is 2. The lowest BCUT2D eigenvalue weighted by molar-refractivity contribution is 1.22. The molecule has 0 fully saturated rings. The molecule has 5 heteroatoms. The summed E-state index contributed by atoms with van der Waals surface area (Å²) in [6.07, 6.45) is 3.66. The van der Waals surface area contributed by atoms with Crippen molar-refractivity contribution in [2.75, 3.05) is 0 Å². The van der Waals surface area contributed by atoms with E-state index in [1.807, 2.05) is 43.6 Å². The summed E-state index contributed by atoms with van der Waals surface area (Å²) in [5, 5.41) is 0.868. The van der Waals surface area contributed by atoms with Crippen LogP contribution in [0.15, 0.2) is 45.9 Å². The summed E-state index contributed by atoms with van der Waals surface area (Å²) in [5.74, 6) is 0. The van der Waals surface area contributed by atoms with Gasteiger partial charge in [0.05, 0.1) is 0 Å². The standard InChI is InChI=1S/C6H5Br2N.C6H6BrN/c7-3-5-1-2-6(8)9-4-5;1-5-2-3-6(7)8-4-5/h1-2,4H,3H2;2-4H,1H3. The van der Waals surface area contributed by atoms with Gasteiger partial charge in [-0.3, -0.25) is 0 Å². The maximum atomic E-state index is 4.04. The van der Waals surface area contributed by atoms with Crippen molar-refractivity contribution in [2.24, 2.45) is 0 Å². The summed E-state index contributed by atoms with van der Waals surface area (Å²) < 4.78 is 1.77. The van der Waals surface area contributed by atoms with Crippen LogP contribution in [-0.2, 0) is 5.33 Å². The molecule has 2 nitrogen and oxygen atoms in total. The molecule has 2 rings (SSSR count). The average molecular weight is 423 g/mol. The molecule has 0 radical (unpaired) electrons. The van der Waals surface area contributed by atoms with Gasteiger partial charge in [0, 0.05) is 17.7 Å². The normalized spacial score (nSPS) is 9.41. The molecule has 0 saturated heterocycles. The molecule has 0 spiro atoms. The van der Waals surface area contributed by atoms with Gasteiger partial charge in [0.15, 0.2) is 0 Å². The minimum absolute atomic E-state index is 0.868. The number of alkyl halides is 1. The van der Waals surface area contributed by atoms with Crippen LogP contribution in [0.25, 0.3) is 0 Å². The van der Waals surface area contributed by atoms with E-state index in [0.29, 0.717) is 0 Å². The first-order valence-electron chi connectivity index (χ1n) is 4.86. The second kappa shape index (κ2) is 7.95. The minimum atomic E-state index is 0.868. The molecule has 2 heterocycles. The topological polar surface area (TPSA) is 25.8 Å². The van der Waals surface area contributed by atoms with Crippen molar-refractivity contribution in [3.8, 4) is 0 Å². The van der Waals surface area contributed by atoms with Crippen LogP contribution in [0.3, 0.4) is 0 Å². The molecule has 0 saturated carbocycles. The molecule has 0 N–H and O–H groups in total. The molecule has 0 aliphatic rings. The summed E-state index contributed by atoms with van der Waals surface area (Å²) in [6, 6.07) is 7.88. The first-order valence-corrected chi connectivity index (χ1v) is 7.57. The van der Waals surface area contributed by atoms with E-state index in [1.165, 1.54) is 11.1 Å². The van der Waals surface area contributed by atoms with Crippen LogP contribution in [0.4, 0.5) is 0 Å². The van der Waals surface area contributed by atoms with Crippen molar-refractivity contribution < 1.29 is 0 Å². The Morgan fingerprint density at radius 1 is 0.941 bits per heavy atom. The van der Waals surface area contributed by atoms with E-state index in [-0.39, 0.29) is 0 Å². The Morgan fingerprint density at radius 3 is 1.88 bits per heavy atom. The number of pyridine rings is 2. The molecular formula is C12H11Br3N2. The van der Waals surface area contributed by atoms with Crippen molar-refractivity contribution in [3.05, 3.63) is 57.0 Å². The van der Waals surface area contributed by atoms with Gasteiger partial charge in [0.1, 0.15) is 9.21 Å². The van der Waals surface area contributed by atoms with E-state index in [4.69, 9.17) is 0 Å². The van der Waals surface area contributed by atoms with E-state index < -0.39 is 0 Å². The zero-order valence-corrected chi connectivity index (χ0v) is 14.0. The van der Waals surface area contributed by atoms with Gasteiger partial charge in [0.25, 0.3) is 0 Å². The van der Waals surface area contributed by atoms with E-state index in [9.17, 15) is 0 Å². The van der Waals surface area contributed by atoms with Crippen molar-refractivity contribution in [1.82, 2.24) is 9.97 Å². The smallest absolute Gasteiger partial charge is 0.106 e. The van der Waals surface area contributed by atoms with Crippen LogP contribution in [0.2, 0.25) is 0 Å². The lowest BCUT2D eigenvalue weighted by Crippen LogP contribution is -1.78. The third-order valence-corrected chi connectivity index (χ3v) is 3.40. The quantitative estimate of drug-likeness (QED) is 0.483. The Balaban J connectivity index is 0.000000171. The summed E-state index contributed by atoms with van der Waals surface area (Å²) >= 11 is 9.81. The molecule has 90 valence electrons. The number of aromatic nitrogens is 2. The fourth-order valence-electron chi connectivity index (χ4n) is 0.935. The predicted molar refractivity (Wildman–Crippen MR) is 81.2 cm³/mol. The van der Waals surface area contributed by atoms with Crippen LogP contribution in [0.5, 0.6) is 0 Å². The van der Waals surface area contributed by atoms with Crippen LogP contribution >= 0.6 is 47.8 Å². The third kappa shape index (κ3) is 6.29. The molecule has 0 aliphatic carbocycles. The Labute approximate surface area is 126 Å². The van der Waals surface area contributed by atoms with Crippen LogP contribution < -0.4 is 0 Å². The largest absolute Gasteiger partial charge is 0.249 e. The molecule has 2 aromatic rings. The SMILES string of the molecule is BrCc1ccc(Br)nc1.Cc1ccc(Br)nc1. The highest BCUT2D eigenvalue weighted by molar-refractivity contribution is 9.10. The fraction of sp³-hybridized carbons (Fsp3) is 0.167. The summed E-state index contributed by atoms with van der Waals surface area (Å²) in [5.41, 5.74) is 2.38. The third-order valence-electron chi connectivity index (χ3n) is 1.82. The summed E-state index contributed by atoms with van der Waals surface area (Å²) in [6.45, 7) is 2.01. The Bertz CT molecular complexity index is 419. The van der Waals surface area contributed by atoms with Crippen molar-refractivity contribution >= 4 is 47.8 Å². The molecule has 0 aliphatic heterocycles. The van der Waals surface area contributed by atoms with E-state index in [0.717, 1.165) is 14.5 Å². The Morgan fingerprint density at radius 2 is 1.53 bits per heavy atom. The van der Waals surface area contributed by atoms with Gasteiger partial charge in [-0.2, -0.15) is 0 Å². The summed E-state index contributed by atoms with van der Waals surface area (Å²) in [4.78, 5) is 8.03. The van der Waals surface area contributed by atoms with Gasteiger partial charge in [-0.25, -0.2) is 9.97 Å². The van der Waals surface area contributed by atoms with Crippen LogP contribution in [-0.4, -0.2) is 9.97 Å². The lowest BCUT2D eigenvalue weighted by Gasteiger charge is -1.91. The average Bonchev–Trinajstić information content (AvgIpc) is 2.35. The molecule has 0 aromatic carbocycles. The molecule has 0 unspecified atom stereocenters. The molecule has 0 atom stereocenters. The number of aryl methyl sites for hydroxylation is 1. The molecular weight excluding hydrogens is 412 g/mol. The number of halogens is 3. The van der Waals surface area contributed by atoms with E-state index in [1.54, 1.807) is 0 Å². The zero-order valence-electron chi connectivity index (χ0n) is 9.20. The highest BCUT2D eigenvalue weighted by Gasteiger charge is 1.88. The molecule has 0 amide bonds. The fourth-order valence-corrected chi connectivity index (χ4v) is 1.74. The second-order valence-electron chi connectivity index (χ2n) is 3.28. The lowest BCUT2D eigenvalue weighted by atomic mass is 10.3. The number of hydrogen-bond acceptors (Lipinski definition) is 2. The maximum absolute atomic E-state index is 4.04. The van der Waals surface area contributed by atoms with E-state index in [2.05, 4.69) is 57.8 Å². The highest BCUT2D eigenvalue weighted by Crippen LogP contribution is 2.08. The van der Waals surface area contributed by atoms with Crippen molar-refractivity contribution in [2.45, 2.75) is 12.3 Å². The van der Waals surface area contributed by atoms with Gasteiger partial charge in [-0.15, -0.1) is 0 Å². The molecule has 2 aromatic heterocycles. The van der Waals surface area contributed by atoms with Crippen molar-refractivity contribution in [1.29, 1.82) is 0 Å². The van der Waals surface area contributed by atoms with Gasteiger partial charge >= 0.3 is 0 Å². The Kier molecular flexibility index (Phi) is 6.92. The minimum Gasteiger partial charge on any atom is -0.249 e. The first-order chi connectivity index (χ1) is 8.11. The summed E-state index contributed by atoms with van der Waals surface area (Å²) in [7, 11) is 0. The number of hydrogen-bond donors (Lipinski definition) is 0. The van der Waals surface area contributed by atoms with Gasteiger partial charge in [0.2, 0.25) is 0 Å². The molecule has 0 bridgehead atoms. The predicted octanol–water partition coefficient (Wildman–Crippen LogP) is 4.89. The van der Waals surface area contributed by atoms with Crippen LogP contribution in [0, 0.1) is 6.92 Å². The van der Waals surface area contributed by atoms with Gasteiger partial charge < -0.3 is 0 Å². The monoisotopic (exact) mass is 420 g/mol. The maximum Gasteiger partial charge on any atom is 0.106 e. The second-order valence-corrected chi connectivity index (χ2v) is 5.47.